The Balaban J connectivity index is 2.06. The van der Waals surface area contributed by atoms with E-state index in [1.165, 1.54) is 0 Å². The Kier molecular flexibility index (Phi) is 3.68. The van der Waals surface area contributed by atoms with Gasteiger partial charge in [-0.2, -0.15) is 4.98 Å². The van der Waals surface area contributed by atoms with Gasteiger partial charge < -0.3 is 5.32 Å². The van der Waals surface area contributed by atoms with Crippen molar-refractivity contribution in [2.24, 2.45) is 5.84 Å². The zero-order chi connectivity index (χ0) is 14.8. The van der Waals surface area contributed by atoms with Crippen molar-refractivity contribution in [2.45, 2.75) is 6.92 Å². The molecule has 0 spiro atoms. The van der Waals surface area contributed by atoms with Gasteiger partial charge >= 0.3 is 0 Å². The molecule has 106 valence electrons. The van der Waals surface area contributed by atoms with E-state index in [0.717, 1.165) is 26.6 Å². The average Bonchev–Trinajstić information content (AvgIpc) is 2.49. The van der Waals surface area contributed by atoms with Crippen molar-refractivity contribution in [2.75, 3.05) is 10.7 Å². The summed E-state index contributed by atoms with van der Waals surface area (Å²) < 4.78 is 0.944. The lowest BCUT2D eigenvalue weighted by molar-refractivity contribution is 1.09. The fraction of sp³-hybridized carbons (Fsp3) is 0.0714. The van der Waals surface area contributed by atoms with Gasteiger partial charge in [0.25, 0.3) is 0 Å². The van der Waals surface area contributed by atoms with Gasteiger partial charge in [-0.3, -0.25) is 10.4 Å². The first-order valence-electron chi connectivity index (χ1n) is 6.29. The van der Waals surface area contributed by atoms with Crippen LogP contribution in [-0.4, -0.2) is 15.0 Å². The van der Waals surface area contributed by atoms with Crippen molar-refractivity contribution >= 4 is 44.3 Å². The Morgan fingerprint density at radius 3 is 2.86 bits per heavy atom. The minimum absolute atomic E-state index is 0.360. The van der Waals surface area contributed by atoms with Gasteiger partial charge in [-0.15, -0.1) is 0 Å². The number of anilines is 3. The molecule has 0 amide bonds. The lowest BCUT2D eigenvalue weighted by Gasteiger charge is -2.11. The van der Waals surface area contributed by atoms with Gasteiger partial charge in [-0.05, 0) is 35.0 Å². The molecule has 3 aromatic rings. The van der Waals surface area contributed by atoms with E-state index in [9.17, 15) is 0 Å². The summed E-state index contributed by atoms with van der Waals surface area (Å²) in [5.74, 6) is 6.40. The number of aryl methyl sites for hydroxylation is 1. The quantitative estimate of drug-likeness (QED) is 0.499. The molecule has 0 aliphatic carbocycles. The molecule has 0 bridgehead atoms. The summed E-state index contributed by atoms with van der Waals surface area (Å²) in [6, 6.07) is 7.96. The summed E-state index contributed by atoms with van der Waals surface area (Å²) in [6.45, 7) is 1.93. The summed E-state index contributed by atoms with van der Waals surface area (Å²) in [7, 11) is 0. The van der Waals surface area contributed by atoms with E-state index < -0.39 is 0 Å². The topological polar surface area (TPSA) is 88.8 Å². The highest BCUT2D eigenvalue weighted by Gasteiger charge is 2.07. The second-order valence-electron chi connectivity index (χ2n) is 4.53. The highest BCUT2D eigenvalue weighted by molar-refractivity contribution is 9.10. The molecule has 6 nitrogen and oxygen atoms in total. The van der Waals surface area contributed by atoms with Gasteiger partial charge in [-0.1, -0.05) is 12.1 Å². The zero-order valence-electron chi connectivity index (χ0n) is 11.3. The molecule has 7 heteroatoms. The van der Waals surface area contributed by atoms with Crippen LogP contribution in [0, 0.1) is 6.92 Å². The van der Waals surface area contributed by atoms with Crippen LogP contribution < -0.4 is 16.6 Å². The molecular formula is C14H13BrN6. The van der Waals surface area contributed by atoms with Gasteiger partial charge in [0, 0.05) is 27.8 Å². The number of halogens is 1. The lowest BCUT2D eigenvalue weighted by atomic mass is 10.2. The normalized spacial score (nSPS) is 10.6. The minimum Gasteiger partial charge on any atom is -0.338 e. The standard InChI is InChI=1S/C14H13BrN6/c1-8-6-18-14(21-16)20-13(8)19-11-4-2-3-9-5-10(15)7-17-12(9)11/h2-7H,16H2,1H3,(H2,18,19,20,21). The number of aromatic nitrogens is 3. The molecule has 0 saturated heterocycles. The van der Waals surface area contributed by atoms with Crippen LogP contribution in [0.1, 0.15) is 5.56 Å². The lowest BCUT2D eigenvalue weighted by Crippen LogP contribution is -2.11. The Morgan fingerprint density at radius 1 is 1.19 bits per heavy atom. The monoisotopic (exact) mass is 344 g/mol. The van der Waals surface area contributed by atoms with Crippen molar-refractivity contribution in [1.29, 1.82) is 0 Å². The maximum atomic E-state index is 5.35. The molecule has 0 saturated carbocycles. The number of nitrogens with zero attached hydrogens (tertiary/aromatic N) is 3. The van der Waals surface area contributed by atoms with Crippen LogP contribution >= 0.6 is 15.9 Å². The predicted octanol–water partition coefficient (Wildman–Crippen LogP) is 3.12. The molecule has 2 heterocycles. The number of hydrogen-bond acceptors (Lipinski definition) is 6. The molecule has 1 aromatic carbocycles. The van der Waals surface area contributed by atoms with E-state index in [1.807, 2.05) is 31.2 Å². The molecule has 0 unspecified atom stereocenters. The van der Waals surface area contributed by atoms with E-state index in [1.54, 1.807) is 12.4 Å². The fourth-order valence-electron chi connectivity index (χ4n) is 2.00. The number of nitrogens with two attached hydrogens (primary N) is 1. The Bertz CT molecular complexity index is 805. The number of nitrogen functional groups attached to an aromatic ring is 1. The molecular weight excluding hydrogens is 332 g/mol. The summed E-state index contributed by atoms with van der Waals surface area (Å²) in [5, 5.41) is 4.32. The highest BCUT2D eigenvalue weighted by Crippen LogP contribution is 2.27. The second-order valence-corrected chi connectivity index (χ2v) is 5.44. The molecule has 0 fully saturated rings. The van der Waals surface area contributed by atoms with Crippen molar-refractivity contribution in [3.05, 3.63) is 46.7 Å². The number of hydrogen-bond donors (Lipinski definition) is 3. The first kappa shape index (κ1) is 13.7. The number of pyridine rings is 1. The molecule has 0 aliphatic rings. The van der Waals surface area contributed by atoms with Crippen LogP contribution in [0.4, 0.5) is 17.5 Å². The third-order valence-electron chi connectivity index (χ3n) is 3.03. The van der Waals surface area contributed by atoms with Crippen LogP contribution in [0.15, 0.2) is 41.1 Å². The number of rotatable bonds is 3. The second kappa shape index (κ2) is 5.63. The number of hydrazine groups is 1. The van der Waals surface area contributed by atoms with Crippen molar-refractivity contribution in [1.82, 2.24) is 15.0 Å². The maximum Gasteiger partial charge on any atom is 0.239 e. The Labute approximate surface area is 129 Å². The van der Waals surface area contributed by atoms with Crippen LogP contribution in [0.3, 0.4) is 0 Å². The van der Waals surface area contributed by atoms with Gasteiger partial charge in [0.2, 0.25) is 5.95 Å². The average molecular weight is 345 g/mol. The number of para-hydroxylation sites is 1. The SMILES string of the molecule is Cc1cnc(NN)nc1Nc1cccc2cc(Br)cnc12. The maximum absolute atomic E-state index is 5.35. The number of fused-ring (bicyclic) bond motifs is 1. The smallest absolute Gasteiger partial charge is 0.239 e. The van der Waals surface area contributed by atoms with E-state index in [-0.39, 0.29) is 0 Å². The van der Waals surface area contributed by atoms with Crippen LogP contribution in [0.25, 0.3) is 10.9 Å². The van der Waals surface area contributed by atoms with E-state index >= 15 is 0 Å². The van der Waals surface area contributed by atoms with Crippen molar-refractivity contribution < 1.29 is 0 Å². The largest absolute Gasteiger partial charge is 0.338 e. The number of benzene rings is 1. The molecule has 3 rings (SSSR count). The van der Waals surface area contributed by atoms with Gasteiger partial charge in [0.1, 0.15) is 5.82 Å². The first-order chi connectivity index (χ1) is 10.2. The molecule has 2 aromatic heterocycles. The number of nitrogens with one attached hydrogen (secondary N) is 2. The van der Waals surface area contributed by atoms with Gasteiger partial charge in [0.15, 0.2) is 0 Å². The van der Waals surface area contributed by atoms with Crippen LogP contribution in [0.2, 0.25) is 0 Å². The third-order valence-corrected chi connectivity index (χ3v) is 3.47. The summed E-state index contributed by atoms with van der Waals surface area (Å²) in [4.78, 5) is 12.8. The van der Waals surface area contributed by atoms with E-state index in [2.05, 4.69) is 41.6 Å². The molecule has 0 radical (unpaired) electrons. The molecule has 21 heavy (non-hydrogen) atoms. The van der Waals surface area contributed by atoms with E-state index in [4.69, 9.17) is 5.84 Å². The van der Waals surface area contributed by atoms with Crippen LogP contribution in [0.5, 0.6) is 0 Å². The van der Waals surface area contributed by atoms with Crippen LogP contribution in [-0.2, 0) is 0 Å². The Morgan fingerprint density at radius 2 is 2.05 bits per heavy atom. The highest BCUT2D eigenvalue weighted by atomic mass is 79.9. The predicted molar refractivity (Wildman–Crippen MR) is 87.3 cm³/mol. The fourth-order valence-corrected chi connectivity index (χ4v) is 2.35. The third kappa shape index (κ3) is 2.79. The van der Waals surface area contributed by atoms with Crippen molar-refractivity contribution in [3.63, 3.8) is 0 Å². The van der Waals surface area contributed by atoms with E-state index in [0.29, 0.717) is 11.8 Å². The summed E-state index contributed by atoms with van der Waals surface area (Å²) in [6.07, 6.45) is 3.48. The van der Waals surface area contributed by atoms with Gasteiger partial charge in [-0.25, -0.2) is 10.8 Å². The van der Waals surface area contributed by atoms with Gasteiger partial charge in [0.05, 0.1) is 11.2 Å². The Hall–Kier alpha value is -2.25. The minimum atomic E-state index is 0.360. The molecule has 4 N–H and O–H groups in total. The summed E-state index contributed by atoms with van der Waals surface area (Å²) >= 11 is 3.43. The molecule has 0 atom stereocenters. The van der Waals surface area contributed by atoms with Crippen molar-refractivity contribution in [3.8, 4) is 0 Å². The molecule has 0 aliphatic heterocycles. The zero-order valence-corrected chi connectivity index (χ0v) is 12.8. The first-order valence-corrected chi connectivity index (χ1v) is 7.08. The summed E-state index contributed by atoms with van der Waals surface area (Å²) in [5.41, 5.74) is 5.12.